The maximum absolute atomic E-state index is 13.9. The number of rotatable bonds is 2. The summed E-state index contributed by atoms with van der Waals surface area (Å²) in [4.78, 5) is -0.911. The molecule has 0 spiro atoms. The van der Waals surface area contributed by atoms with Crippen LogP contribution in [0.5, 0.6) is 0 Å². The first kappa shape index (κ1) is 16.2. The molecule has 0 saturated carbocycles. The monoisotopic (exact) mass is 318 g/mol. The number of halogens is 2. The van der Waals surface area contributed by atoms with Gasteiger partial charge in [0, 0.05) is 18.8 Å². The van der Waals surface area contributed by atoms with Crippen molar-refractivity contribution >= 4 is 15.7 Å². The number of nitrogen functional groups attached to an aromatic ring is 1. The second-order valence-electron chi connectivity index (χ2n) is 6.53. The quantitative estimate of drug-likeness (QED) is 0.853. The molecule has 2 rings (SSSR count). The van der Waals surface area contributed by atoms with Crippen LogP contribution in [0.2, 0.25) is 0 Å². The lowest BCUT2D eigenvalue weighted by Gasteiger charge is -2.27. The van der Waals surface area contributed by atoms with Crippen molar-refractivity contribution < 1.29 is 17.2 Å². The summed E-state index contributed by atoms with van der Waals surface area (Å²) in [5, 5.41) is 0. The third-order valence-corrected chi connectivity index (χ3v) is 5.91. The van der Waals surface area contributed by atoms with E-state index in [2.05, 4.69) is 0 Å². The van der Waals surface area contributed by atoms with E-state index in [0.29, 0.717) is 6.42 Å². The van der Waals surface area contributed by atoms with Crippen LogP contribution < -0.4 is 5.73 Å². The molecule has 1 unspecified atom stereocenters. The second kappa shape index (κ2) is 5.21. The highest BCUT2D eigenvalue weighted by Crippen LogP contribution is 2.36. The summed E-state index contributed by atoms with van der Waals surface area (Å²) < 4.78 is 53.8. The Kier molecular flexibility index (Phi) is 4.01. The number of benzene rings is 1. The number of anilines is 1. The minimum absolute atomic E-state index is 0.0531. The van der Waals surface area contributed by atoms with Gasteiger partial charge in [0.1, 0.15) is 11.6 Å². The zero-order chi connectivity index (χ0) is 16.0. The van der Waals surface area contributed by atoms with Crippen LogP contribution >= 0.6 is 0 Å². The normalized spacial score (nSPS) is 20.9. The largest absolute Gasteiger partial charge is 0.399 e. The molecule has 4 nitrogen and oxygen atoms in total. The van der Waals surface area contributed by atoms with E-state index < -0.39 is 26.6 Å². The average molecular weight is 318 g/mol. The first-order chi connectivity index (χ1) is 9.53. The van der Waals surface area contributed by atoms with Crippen LogP contribution in [-0.2, 0) is 10.0 Å². The summed E-state index contributed by atoms with van der Waals surface area (Å²) in [5.41, 5.74) is 5.12. The van der Waals surface area contributed by atoms with Gasteiger partial charge in [0.15, 0.2) is 4.90 Å². The molecule has 0 aromatic heterocycles. The molecule has 1 saturated heterocycles. The molecule has 2 N–H and O–H groups in total. The molecule has 0 aliphatic carbocycles. The summed E-state index contributed by atoms with van der Waals surface area (Å²) >= 11 is 0. The van der Waals surface area contributed by atoms with E-state index in [-0.39, 0.29) is 30.1 Å². The van der Waals surface area contributed by atoms with Gasteiger partial charge in [0.05, 0.1) is 0 Å². The molecule has 21 heavy (non-hydrogen) atoms. The fourth-order valence-corrected chi connectivity index (χ4v) is 4.20. The first-order valence-corrected chi connectivity index (χ1v) is 8.22. The van der Waals surface area contributed by atoms with Gasteiger partial charge in [-0.05, 0) is 29.9 Å². The van der Waals surface area contributed by atoms with E-state index in [1.165, 1.54) is 0 Å². The predicted molar refractivity (Wildman–Crippen MR) is 77.1 cm³/mol. The molecule has 118 valence electrons. The highest BCUT2D eigenvalue weighted by atomic mass is 32.2. The third kappa shape index (κ3) is 3.03. The van der Waals surface area contributed by atoms with E-state index >= 15 is 0 Å². The second-order valence-corrected chi connectivity index (χ2v) is 8.40. The fraction of sp³-hybridized carbons (Fsp3) is 0.571. The zero-order valence-corrected chi connectivity index (χ0v) is 13.2. The maximum atomic E-state index is 13.9. The van der Waals surface area contributed by atoms with Gasteiger partial charge in [-0.1, -0.05) is 20.8 Å². The Bertz CT molecular complexity index is 630. The van der Waals surface area contributed by atoms with Crippen molar-refractivity contribution in [1.82, 2.24) is 4.31 Å². The van der Waals surface area contributed by atoms with Gasteiger partial charge in [-0.15, -0.1) is 0 Å². The Morgan fingerprint density at radius 2 is 1.76 bits per heavy atom. The van der Waals surface area contributed by atoms with Gasteiger partial charge >= 0.3 is 0 Å². The topological polar surface area (TPSA) is 63.4 Å². The lowest BCUT2D eigenvalue weighted by molar-refractivity contribution is 0.251. The summed E-state index contributed by atoms with van der Waals surface area (Å²) in [6.07, 6.45) is 0.681. The van der Waals surface area contributed by atoms with E-state index in [0.717, 1.165) is 16.4 Å². The number of sulfonamides is 1. The molecule has 0 radical (unpaired) electrons. The Morgan fingerprint density at radius 3 is 2.19 bits per heavy atom. The Hall–Kier alpha value is -1.21. The number of hydrogen-bond acceptors (Lipinski definition) is 3. The van der Waals surface area contributed by atoms with Gasteiger partial charge in [-0.25, -0.2) is 17.2 Å². The molecule has 1 heterocycles. The minimum Gasteiger partial charge on any atom is -0.399 e. The van der Waals surface area contributed by atoms with E-state index in [9.17, 15) is 17.2 Å². The predicted octanol–water partition coefficient (Wildman–Crippen LogP) is 2.60. The molecule has 1 fully saturated rings. The summed E-state index contributed by atoms with van der Waals surface area (Å²) in [7, 11) is -4.18. The molecule has 7 heteroatoms. The molecule has 0 amide bonds. The molecular weight excluding hydrogens is 298 g/mol. The lowest BCUT2D eigenvalue weighted by atomic mass is 9.80. The summed E-state index contributed by atoms with van der Waals surface area (Å²) in [6.45, 7) is 6.62. The van der Waals surface area contributed by atoms with E-state index in [4.69, 9.17) is 5.73 Å². The highest BCUT2D eigenvalue weighted by molar-refractivity contribution is 7.89. The van der Waals surface area contributed by atoms with Crippen LogP contribution in [0, 0.1) is 23.0 Å². The number of hydrogen-bond donors (Lipinski definition) is 1. The Morgan fingerprint density at radius 1 is 1.24 bits per heavy atom. The zero-order valence-electron chi connectivity index (χ0n) is 12.4. The lowest BCUT2D eigenvalue weighted by Crippen LogP contribution is -2.32. The number of nitrogens with two attached hydrogens (primary N) is 1. The maximum Gasteiger partial charge on any atom is 0.248 e. The van der Waals surface area contributed by atoms with Crippen LogP contribution in [0.1, 0.15) is 27.2 Å². The Balaban J connectivity index is 2.37. The smallest absolute Gasteiger partial charge is 0.248 e. The van der Waals surface area contributed by atoms with Gasteiger partial charge < -0.3 is 5.73 Å². The molecular formula is C14H20F2N2O2S. The van der Waals surface area contributed by atoms with Crippen LogP contribution in [0.4, 0.5) is 14.5 Å². The van der Waals surface area contributed by atoms with Gasteiger partial charge in [0.2, 0.25) is 10.0 Å². The van der Waals surface area contributed by atoms with Crippen LogP contribution in [-0.4, -0.2) is 25.8 Å². The van der Waals surface area contributed by atoms with Crippen molar-refractivity contribution in [1.29, 1.82) is 0 Å². The van der Waals surface area contributed by atoms with Gasteiger partial charge in [-0.3, -0.25) is 0 Å². The van der Waals surface area contributed by atoms with Crippen molar-refractivity contribution in [2.75, 3.05) is 18.8 Å². The van der Waals surface area contributed by atoms with Crippen molar-refractivity contribution in [2.24, 2.45) is 11.3 Å². The minimum atomic E-state index is -4.18. The van der Waals surface area contributed by atoms with Crippen molar-refractivity contribution in [2.45, 2.75) is 32.1 Å². The van der Waals surface area contributed by atoms with E-state index in [1.807, 2.05) is 20.8 Å². The highest BCUT2D eigenvalue weighted by Gasteiger charge is 2.39. The van der Waals surface area contributed by atoms with Crippen molar-refractivity contribution in [3.8, 4) is 0 Å². The summed E-state index contributed by atoms with van der Waals surface area (Å²) in [6, 6.07) is 1.65. The van der Waals surface area contributed by atoms with Crippen molar-refractivity contribution in [3.63, 3.8) is 0 Å². The van der Waals surface area contributed by atoms with Crippen LogP contribution in [0.3, 0.4) is 0 Å². The van der Waals surface area contributed by atoms with Crippen LogP contribution in [0.25, 0.3) is 0 Å². The Labute approximate surface area is 124 Å². The van der Waals surface area contributed by atoms with Crippen LogP contribution in [0.15, 0.2) is 17.0 Å². The molecule has 1 aliphatic rings. The SMILES string of the molecule is CC(C)(C)C1CCN(S(=O)(=O)c2c(F)cc(N)cc2F)C1. The standard InChI is InChI=1S/C14H20F2N2O2S/c1-14(2,3)9-4-5-18(8-9)21(19,20)13-11(15)6-10(17)7-12(13)16/h6-7,9H,4-5,8,17H2,1-3H3. The molecule has 1 aliphatic heterocycles. The fourth-order valence-electron chi connectivity index (χ4n) is 2.61. The summed E-state index contributed by atoms with van der Waals surface area (Å²) in [5.74, 6) is -2.13. The number of nitrogens with zero attached hydrogens (tertiary/aromatic N) is 1. The van der Waals surface area contributed by atoms with Gasteiger partial charge in [-0.2, -0.15) is 4.31 Å². The molecule has 1 aromatic carbocycles. The average Bonchev–Trinajstić information content (AvgIpc) is 2.75. The molecule has 1 aromatic rings. The van der Waals surface area contributed by atoms with Crippen molar-refractivity contribution in [3.05, 3.63) is 23.8 Å². The van der Waals surface area contributed by atoms with E-state index in [1.54, 1.807) is 0 Å². The first-order valence-electron chi connectivity index (χ1n) is 6.78. The molecule has 1 atom stereocenters. The molecule has 0 bridgehead atoms. The third-order valence-electron chi connectivity index (χ3n) is 3.99. The van der Waals surface area contributed by atoms with Gasteiger partial charge in [0.25, 0.3) is 0 Å².